The van der Waals surface area contributed by atoms with Crippen LogP contribution in [0.3, 0.4) is 0 Å². The van der Waals surface area contributed by atoms with Gasteiger partial charge < -0.3 is 9.64 Å². The first-order valence-corrected chi connectivity index (χ1v) is 10.4. The van der Waals surface area contributed by atoms with Crippen LogP contribution < -0.4 is 0 Å². The van der Waals surface area contributed by atoms with Gasteiger partial charge in [0.15, 0.2) is 0 Å². The van der Waals surface area contributed by atoms with E-state index in [-0.39, 0.29) is 0 Å². The minimum Gasteiger partial charge on any atom is -0.381 e. The molecule has 3 nitrogen and oxygen atoms in total. The summed E-state index contributed by atoms with van der Waals surface area (Å²) < 4.78 is 5.36. The molecule has 0 saturated heterocycles. The Morgan fingerprint density at radius 2 is 1.55 bits per heavy atom. The van der Waals surface area contributed by atoms with Crippen LogP contribution in [0.15, 0.2) is 0 Å². The average Bonchev–Trinajstić information content (AvgIpc) is 2.57. The number of ether oxygens (including phenoxy) is 1. The number of thioether (sulfide) groups is 1. The van der Waals surface area contributed by atoms with Gasteiger partial charge in [0.1, 0.15) is 0 Å². The quantitative estimate of drug-likeness (QED) is 0.624. The second kappa shape index (κ2) is 10.5. The molecule has 2 aliphatic rings. The molecule has 128 valence electrons. The van der Waals surface area contributed by atoms with Crippen molar-refractivity contribution < 1.29 is 9.53 Å². The van der Waals surface area contributed by atoms with E-state index in [2.05, 4.69) is 4.90 Å². The second-order valence-electron chi connectivity index (χ2n) is 6.63. The molecule has 0 unspecified atom stereocenters. The van der Waals surface area contributed by atoms with Crippen LogP contribution >= 0.6 is 11.8 Å². The van der Waals surface area contributed by atoms with Gasteiger partial charge in [-0.25, -0.2) is 0 Å². The summed E-state index contributed by atoms with van der Waals surface area (Å²) in [6.45, 7) is 3.55. The summed E-state index contributed by atoms with van der Waals surface area (Å²) in [6, 6.07) is 1.05. The van der Waals surface area contributed by atoms with Crippen LogP contribution in [0.5, 0.6) is 0 Å². The van der Waals surface area contributed by atoms with Gasteiger partial charge in [0, 0.05) is 24.4 Å². The molecular weight excluding hydrogens is 294 g/mol. The van der Waals surface area contributed by atoms with Crippen molar-refractivity contribution in [2.45, 2.75) is 83.2 Å². The third-order valence-corrected chi connectivity index (χ3v) is 5.93. The molecule has 0 bridgehead atoms. The lowest BCUT2D eigenvalue weighted by molar-refractivity contribution is -0.135. The minimum absolute atomic E-state index is 0.389. The number of carbonyl (C=O) groups is 1. The van der Waals surface area contributed by atoms with Crippen molar-refractivity contribution in [1.82, 2.24) is 4.90 Å². The van der Waals surface area contributed by atoms with Crippen LogP contribution in [-0.4, -0.2) is 47.6 Å². The summed E-state index contributed by atoms with van der Waals surface area (Å²) in [5, 5.41) is 0. The van der Waals surface area contributed by atoms with E-state index >= 15 is 0 Å². The molecule has 0 aromatic carbocycles. The zero-order chi connectivity index (χ0) is 15.6. The standard InChI is InChI=1S/C18H33NO2S/c1-2-21-13-14-22-15-18(20)19(16-9-5-3-6-10-16)17-11-7-4-8-12-17/h16-17H,2-15H2,1H3. The largest absolute Gasteiger partial charge is 0.381 e. The van der Waals surface area contributed by atoms with E-state index in [4.69, 9.17) is 4.74 Å². The van der Waals surface area contributed by atoms with Gasteiger partial charge in [0.2, 0.25) is 5.91 Å². The van der Waals surface area contributed by atoms with E-state index in [9.17, 15) is 4.79 Å². The number of hydrogen-bond acceptors (Lipinski definition) is 3. The molecule has 0 aromatic rings. The lowest BCUT2D eigenvalue weighted by Crippen LogP contribution is -2.49. The van der Waals surface area contributed by atoms with Crippen molar-refractivity contribution in [3.63, 3.8) is 0 Å². The molecule has 2 fully saturated rings. The van der Waals surface area contributed by atoms with Crippen molar-refractivity contribution >= 4 is 17.7 Å². The lowest BCUT2D eigenvalue weighted by Gasteiger charge is -2.41. The Balaban J connectivity index is 1.86. The summed E-state index contributed by atoms with van der Waals surface area (Å²) in [5.41, 5.74) is 0. The molecule has 0 atom stereocenters. The summed E-state index contributed by atoms with van der Waals surface area (Å²) in [7, 11) is 0. The molecule has 0 aliphatic heterocycles. The van der Waals surface area contributed by atoms with E-state index in [1.165, 1.54) is 64.2 Å². The summed E-state index contributed by atoms with van der Waals surface area (Å²) in [4.78, 5) is 15.2. The van der Waals surface area contributed by atoms with Gasteiger partial charge in [-0.1, -0.05) is 38.5 Å². The Hall–Kier alpha value is -0.220. The van der Waals surface area contributed by atoms with Crippen molar-refractivity contribution in [3.8, 4) is 0 Å². The van der Waals surface area contributed by atoms with Gasteiger partial charge in [-0.2, -0.15) is 0 Å². The van der Waals surface area contributed by atoms with Crippen molar-refractivity contribution in [3.05, 3.63) is 0 Å². The molecule has 0 spiro atoms. The van der Waals surface area contributed by atoms with Crippen molar-refractivity contribution in [1.29, 1.82) is 0 Å². The molecule has 0 radical (unpaired) electrons. The molecule has 2 aliphatic carbocycles. The van der Waals surface area contributed by atoms with Crippen LogP contribution in [0.4, 0.5) is 0 Å². The maximum absolute atomic E-state index is 12.8. The molecule has 0 aromatic heterocycles. The average molecular weight is 328 g/mol. The molecule has 1 amide bonds. The third-order valence-electron chi connectivity index (χ3n) is 5.03. The van der Waals surface area contributed by atoms with Crippen LogP contribution in [0, 0.1) is 0 Å². The van der Waals surface area contributed by atoms with E-state index in [1.807, 2.05) is 6.92 Å². The molecule has 22 heavy (non-hydrogen) atoms. The monoisotopic (exact) mass is 327 g/mol. The van der Waals surface area contributed by atoms with Crippen molar-refractivity contribution in [2.24, 2.45) is 0 Å². The number of rotatable bonds is 8. The normalized spacial score (nSPS) is 21.0. The molecule has 4 heteroatoms. The number of carbonyl (C=O) groups excluding carboxylic acids is 1. The second-order valence-corrected chi connectivity index (χ2v) is 7.74. The highest BCUT2D eigenvalue weighted by Gasteiger charge is 2.31. The fraction of sp³-hybridized carbons (Fsp3) is 0.944. The van der Waals surface area contributed by atoms with Crippen molar-refractivity contribution in [2.75, 3.05) is 24.7 Å². The summed E-state index contributed by atoms with van der Waals surface area (Å²) in [5.74, 6) is 1.96. The molecular formula is C18H33NO2S. The Morgan fingerprint density at radius 3 is 2.05 bits per heavy atom. The SMILES string of the molecule is CCOCCSCC(=O)N(C1CCCCC1)C1CCCCC1. The number of amides is 1. The zero-order valence-corrected chi connectivity index (χ0v) is 15.0. The van der Waals surface area contributed by atoms with Gasteiger partial charge in [-0.05, 0) is 32.6 Å². The zero-order valence-electron chi connectivity index (χ0n) is 14.2. The van der Waals surface area contributed by atoms with E-state index in [0.29, 0.717) is 23.7 Å². The molecule has 2 rings (SSSR count). The van der Waals surface area contributed by atoms with E-state index < -0.39 is 0 Å². The predicted octanol–water partition coefficient (Wildman–Crippen LogP) is 4.25. The fourth-order valence-electron chi connectivity index (χ4n) is 3.92. The predicted molar refractivity (Wildman–Crippen MR) is 94.4 cm³/mol. The highest BCUT2D eigenvalue weighted by Crippen LogP contribution is 2.30. The van der Waals surface area contributed by atoms with Crippen LogP contribution in [0.2, 0.25) is 0 Å². The minimum atomic E-state index is 0.389. The highest BCUT2D eigenvalue weighted by atomic mass is 32.2. The van der Waals surface area contributed by atoms with E-state index in [1.54, 1.807) is 11.8 Å². The lowest BCUT2D eigenvalue weighted by atomic mass is 9.88. The number of nitrogens with zero attached hydrogens (tertiary/aromatic N) is 1. The third kappa shape index (κ3) is 5.77. The van der Waals surface area contributed by atoms with E-state index in [0.717, 1.165) is 19.0 Å². The maximum atomic E-state index is 12.8. The smallest absolute Gasteiger partial charge is 0.233 e. The topological polar surface area (TPSA) is 29.5 Å². The fourth-order valence-corrected chi connectivity index (χ4v) is 4.62. The van der Waals surface area contributed by atoms with Gasteiger partial charge >= 0.3 is 0 Å². The van der Waals surface area contributed by atoms with Gasteiger partial charge in [-0.3, -0.25) is 4.79 Å². The van der Waals surface area contributed by atoms with Crippen LogP contribution in [0.1, 0.15) is 71.1 Å². The summed E-state index contributed by atoms with van der Waals surface area (Å²) in [6.07, 6.45) is 12.8. The van der Waals surface area contributed by atoms with Gasteiger partial charge in [-0.15, -0.1) is 11.8 Å². The Labute approximate surface area is 140 Å². The maximum Gasteiger partial charge on any atom is 0.233 e. The van der Waals surface area contributed by atoms with Gasteiger partial charge in [0.25, 0.3) is 0 Å². The highest BCUT2D eigenvalue weighted by molar-refractivity contribution is 7.99. The first kappa shape index (κ1) is 18.1. The molecule has 0 heterocycles. The first-order valence-electron chi connectivity index (χ1n) is 9.29. The van der Waals surface area contributed by atoms with Crippen LogP contribution in [-0.2, 0) is 9.53 Å². The molecule has 0 N–H and O–H groups in total. The number of hydrogen-bond donors (Lipinski definition) is 0. The van der Waals surface area contributed by atoms with Gasteiger partial charge in [0.05, 0.1) is 12.4 Å². The molecule has 2 saturated carbocycles. The first-order chi connectivity index (χ1) is 10.8. The Morgan fingerprint density at radius 1 is 1.00 bits per heavy atom. The van der Waals surface area contributed by atoms with Crippen LogP contribution in [0.25, 0.3) is 0 Å². The summed E-state index contributed by atoms with van der Waals surface area (Å²) >= 11 is 1.74. The Kier molecular flexibility index (Phi) is 8.68. The Bertz CT molecular complexity index is 294.